The Morgan fingerprint density at radius 2 is 1.92 bits per heavy atom. The molecule has 3 N–H and O–H groups in total. The lowest BCUT2D eigenvalue weighted by molar-refractivity contribution is -0.144. The van der Waals surface area contributed by atoms with Crippen LogP contribution < -0.4 is 21.3 Å². The number of amides is 1. The third-order valence-electron chi connectivity index (χ3n) is 6.20. The van der Waals surface area contributed by atoms with E-state index in [-0.39, 0.29) is 24.5 Å². The minimum atomic E-state index is -0.418. The van der Waals surface area contributed by atoms with E-state index in [1.807, 2.05) is 69.7 Å². The quantitative estimate of drug-likeness (QED) is 0.418. The molecule has 0 saturated heterocycles. The van der Waals surface area contributed by atoms with Crippen molar-refractivity contribution in [2.75, 3.05) is 16.9 Å². The van der Waals surface area contributed by atoms with Crippen molar-refractivity contribution in [3.63, 3.8) is 0 Å². The summed E-state index contributed by atoms with van der Waals surface area (Å²) in [4.78, 5) is 25.4. The van der Waals surface area contributed by atoms with Crippen molar-refractivity contribution in [1.29, 1.82) is 0 Å². The average Bonchev–Trinajstić information content (AvgIpc) is 3.54. The first-order valence-electron chi connectivity index (χ1n) is 12.2. The van der Waals surface area contributed by atoms with Crippen LogP contribution in [0.4, 0.5) is 11.5 Å². The lowest BCUT2D eigenvalue weighted by Crippen LogP contribution is -2.36. The van der Waals surface area contributed by atoms with Crippen LogP contribution in [-0.2, 0) is 28.5 Å². The van der Waals surface area contributed by atoms with Gasteiger partial charge in [-0.3, -0.25) is 19.3 Å². The molecule has 0 saturated carbocycles. The van der Waals surface area contributed by atoms with Crippen LogP contribution in [0.15, 0.2) is 36.7 Å². The Bertz CT molecular complexity index is 1360. The van der Waals surface area contributed by atoms with E-state index in [1.165, 1.54) is 4.68 Å². The van der Waals surface area contributed by atoms with E-state index >= 15 is 0 Å². The molecular formula is C26H34N8O3. The SMILES string of the molecule is CCOC(=O)Cn1nc(C(C)(C)C)cc1NC(=O)c1ccc(C)c(N2C=C(c3cnn(C)c3C)NN2)c1. The van der Waals surface area contributed by atoms with Gasteiger partial charge in [-0.2, -0.15) is 10.2 Å². The van der Waals surface area contributed by atoms with E-state index in [0.717, 1.165) is 33.9 Å². The number of nitrogens with zero attached hydrogens (tertiary/aromatic N) is 5. The van der Waals surface area contributed by atoms with Gasteiger partial charge in [0.25, 0.3) is 5.91 Å². The lowest BCUT2D eigenvalue weighted by Gasteiger charge is -2.18. The van der Waals surface area contributed by atoms with Gasteiger partial charge in [-0.15, -0.1) is 5.53 Å². The average molecular weight is 507 g/mol. The highest BCUT2D eigenvalue weighted by Gasteiger charge is 2.24. The van der Waals surface area contributed by atoms with E-state index in [9.17, 15) is 9.59 Å². The van der Waals surface area contributed by atoms with Crippen LogP contribution in [0.1, 0.15) is 60.6 Å². The van der Waals surface area contributed by atoms with Gasteiger partial charge in [0, 0.05) is 41.5 Å². The molecule has 0 unspecified atom stereocenters. The number of carbonyl (C=O) groups excluding carboxylic acids is 2. The molecule has 3 heterocycles. The number of carbonyl (C=O) groups is 2. The van der Waals surface area contributed by atoms with Crippen molar-refractivity contribution in [3.05, 3.63) is 64.7 Å². The highest BCUT2D eigenvalue weighted by atomic mass is 16.5. The predicted octanol–water partition coefficient (Wildman–Crippen LogP) is 3.17. The summed E-state index contributed by atoms with van der Waals surface area (Å²) in [5.41, 5.74) is 11.9. The van der Waals surface area contributed by atoms with Gasteiger partial charge in [-0.05, 0) is 38.5 Å². The Morgan fingerprint density at radius 3 is 2.57 bits per heavy atom. The lowest BCUT2D eigenvalue weighted by atomic mass is 9.92. The first-order chi connectivity index (χ1) is 17.5. The van der Waals surface area contributed by atoms with Gasteiger partial charge in [-0.25, -0.2) is 4.68 Å². The molecule has 11 heteroatoms. The first kappa shape index (κ1) is 26.0. The van der Waals surface area contributed by atoms with Gasteiger partial charge in [0.15, 0.2) is 0 Å². The number of nitrogens with one attached hydrogen (secondary N) is 3. The van der Waals surface area contributed by atoms with Gasteiger partial charge in [0.05, 0.1) is 29.9 Å². The molecule has 11 nitrogen and oxygen atoms in total. The summed E-state index contributed by atoms with van der Waals surface area (Å²) >= 11 is 0. The van der Waals surface area contributed by atoms with Crippen LogP contribution in [0.3, 0.4) is 0 Å². The molecule has 0 fully saturated rings. The van der Waals surface area contributed by atoms with Crippen LogP contribution in [-0.4, -0.2) is 38.0 Å². The summed E-state index contributed by atoms with van der Waals surface area (Å²) in [6.45, 7) is 12.0. The molecule has 0 aliphatic carbocycles. The normalized spacial score (nSPS) is 13.4. The number of hydrogen-bond donors (Lipinski definition) is 3. The van der Waals surface area contributed by atoms with Gasteiger partial charge in [0.1, 0.15) is 12.4 Å². The number of anilines is 2. The van der Waals surface area contributed by atoms with Crippen LogP contribution in [0.2, 0.25) is 0 Å². The summed E-state index contributed by atoms with van der Waals surface area (Å²) in [7, 11) is 1.90. The number of rotatable bonds is 7. The van der Waals surface area contributed by atoms with Gasteiger partial charge in [-0.1, -0.05) is 26.8 Å². The van der Waals surface area contributed by atoms with Crippen molar-refractivity contribution in [2.24, 2.45) is 7.05 Å². The molecule has 2 aromatic heterocycles. The fourth-order valence-corrected chi connectivity index (χ4v) is 3.88. The van der Waals surface area contributed by atoms with Crippen molar-refractivity contribution in [2.45, 2.75) is 53.5 Å². The zero-order valence-corrected chi connectivity index (χ0v) is 22.3. The predicted molar refractivity (Wildman–Crippen MR) is 141 cm³/mol. The molecular weight excluding hydrogens is 472 g/mol. The molecule has 1 aromatic carbocycles. The zero-order chi connectivity index (χ0) is 26.9. The third-order valence-corrected chi connectivity index (χ3v) is 6.20. The van der Waals surface area contributed by atoms with Crippen molar-refractivity contribution < 1.29 is 14.3 Å². The van der Waals surface area contributed by atoms with E-state index < -0.39 is 5.97 Å². The van der Waals surface area contributed by atoms with E-state index in [0.29, 0.717) is 11.4 Å². The second kappa shape index (κ2) is 10.1. The van der Waals surface area contributed by atoms with Crippen LogP contribution in [0.25, 0.3) is 5.70 Å². The van der Waals surface area contributed by atoms with E-state index in [2.05, 4.69) is 26.5 Å². The first-order valence-corrected chi connectivity index (χ1v) is 12.2. The Labute approximate surface area is 216 Å². The molecule has 196 valence electrons. The van der Waals surface area contributed by atoms with Crippen LogP contribution >= 0.6 is 0 Å². The number of ether oxygens (including phenoxy) is 1. The maximum Gasteiger partial charge on any atom is 0.327 e. The Balaban J connectivity index is 1.59. The molecule has 1 amide bonds. The number of hydrazine groups is 2. The maximum absolute atomic E-state index is 13.3. The molecule has 1 aliphatic rings. The minimum absolute atomic E-state index is 0.0939. The highest BCUT2D eigenvalue weighted by Crippen LogP contribution is 2.28. The Hall–Kier alpha value is -4.12. The molecule has 0 atom stereocenters. The summed E-state index contributed by atoms with van der Waals surface area (Å²) in [6, 6.07) is 7.27. The fourth-order valence-electron chi connectivity index (χ4n) is 3.88. The topological polar surface area (TPSA) is 118 Å². The monoisotopic (exact) mass is 506 g/mol. The largest absolute Gasteiger partial charge is 0.465 e. The van der Waals surface area contributed by atoms with Gasteiger partial charge < -0.3 is 15.5 Å². The maximum atomic E-state index is 13.3. The summed E-state index contributed by atoms with van der Waals surface area (Å²) < 4.78 is 8.37. The molecule has 37 heavy (non-hydrogen) atoms. The Morgan fingerprint density at radius 1 is 1.16 bits per heavy atom. The van der Waals surface area contributed by atoms with Crippen molar-refractivity contribution in [3.8, 4) is 0 Å². The minimum Gasteiger partial charge on any atom is -0.465 e. The van der Waals surface area contributed by atoms with E-state index in [4.69, 9.17) is 4.74 Å². The molecule has 1 aliphatic heterocycles. The van der Waals surface area contributed by atoms with Crippen molar-refractivity contribution in [1.82, 2.24) is 30.5 Å². The molecule has 0 spiro atoms. The molecule has 4 rings (SSSR count). The van der Waals surface area contributed by atoms with Gasteiger partial charge >= 0.3 is 5.97 Å². The number of benzene rings is 1. The summed E-state index contributed by atoms with van der Waals surface area (Å²) in [5, 5.41) is 13.6. The highest BCUT2D eigenvalue weighted by molar-refractivity contribution is 6.04. The van der Waals surface area contributed by atoms with Crippen LogP contribution in [0.5, 0.6) is 0 Å². The standard InChI is InChI=1S/C26H34N8O3/c1-8-37-24(35)15-34-23(12-22(30-34)26(4,5)6)28-25(36)18-10-9-16(2)21(11-18)33-14-20(29-31-33)19-13-27-32(7)17(19)3/h9-14,29,31H,8,15H2,1-7H3,(H,28,36). The third kappa shape index (κ3) is 5.51. The number of aryl methyl sites for hydroxylation is 2. The van der Waals surface area contributed by atoms with Gasteiger partial charge in [0.2, 0.25) is 0 Å². The fraction of sp³-hybridized carbons (Fsp3) is 0.385. The molecule has 3 aromatic rings. The zero-order valence-electron chi connectivity index (χ0n) is 22.3. The number of aromatic nitrogens is 4. The summed E-state index contributed by atoms with van der Waals surface area (Å²) in [5.74, 6) is -0.301. The van der Waals surface area contributed by atoms with Crippen molar-refractivity contribution >= 4 is 29.1 Å². The van der Waals surface area contributed by atoms with E-state index in [1.54, 1.807) is 25.3 Å². The Kier molecular flexibility index (Phi) is 7.08. The molecule has 0 bridgehead atoms. The second-order valence-corrected chi connectivity index (χ2v) is 10.00. The summed E-state index contributed by atoms with van der Waals surface area (Å²) in [6.07, 6.45) is 3.74. The van der Waals surface area contributed by atoms with Crippen LogP contribution in [0, 0.1) is 13.8 Å². The number of esters is 1. The smallest absolute Gasteiger partial charge is 0.327 e. The molecule has 0 radical (unpaired) electrons. The second-order valence-electron chi connectivity index (χ2n) is 10.00. The number of hydrogen-bond acceptors (Lipinski definition) is 8.